The average molecular weight is 288 g/mol. The van der Waals surface area contributed by atoms with Crippen LogP contribution in [0.1, 0.15) is 5.56 Å². The first-order chi connectivity index (χ1) is 9.90. The van der Waals surface area contributed by atoms with Crippen molar-refractivity contribution in [3.63, 3.8) is 0 Å². The van der Waals surface area contributed by atoms with Crippen LogP contribution in [0.3, 0.4) is 0 Å². The standard InChI is InChI=1S/C11H13BN6O3/c1-21-11(16)6-2-3-7(12(19)20)8(4-6)17-18-9(5-13)10(14)15/h2-4,16-17,19-20H,1H3,(H3,14,15)/b16-11?,18-9+. The van der Waals surface area contributed by atoms with E-state index in [1.165, 1.54) is 25.3 Å². The molecule has 0 saturated heterocycles. The zero-order valence-electron chi connectivity index (χ0n) is 11.1. The van der Waals surface area contributed by atoms with Crippen molar-refractivity contribution >= 4 is 35.7 Å². The third-order valence-corrected chi connectivity index (χ3v) is 2.45. The summed E-state index contributed by atoms with van der Waals surface area (Å²) in [7, 11) is -0.456. The SMILES string of the molecule is COC(=N)c1ccc(B(O)O)c(N/N=C(\C#N)C(=N)N)c1. The van der Waals surface area contributed by atoms with E-state index in [0.717, 1.165) is 0 Å². The van der Waals surface area contributed by atoms with Gasteiger partial charge in [0, 0.05) is 11.0 Å². The highest BCUT2D eigenvalue weighted by molar-refractivity contribution is 6.60. The molecule has 10 heteroatoms. The number of ether oxygens (including phenoxy) is 1. The maximum absolute atomic E-state index is 9.27. The molecule has 1 aromatic carbocycles. The fraction of sp³-hybridized carbons (Fsp3) is 0.0909. The van der Waals surface area contributed by atoms with E-state index in [9.17, 15) is 10.0 Å². The van der Waals surface area contributed by atoms with Gasteiger partial charge in [0.2, 0.25) is 11.6 Å². The Morgan fingerprint density at radius 2 is 2.14 bits per heavy atom. The quantitative estimate of drug-likeness (QED) is 0.168. The largest absolute Gasteiger partial charge is 0.490 e. The number of nitrogens with two attached hydrogens (primary N) is 1. The molecule has 0 aliphatic heterocycles. The van der Waals surface area contributed by atoms with E-state index in [4.69, 9.17) is 26.6 Å². The number of nitrogens with one attached hydrogen (secondary N) is 3. The maximum atomic E-state index is 9.27. The monoisotopic (exact) mass is 288 g/mol. The molecule has 0 aliphatic rings. The molecule has 0 saturated carbocycles. The highest BCUT2D eigenvalue weighted by Crippen LogP contribution is 2.10. The Labute approximate surface area is 120 Å². The lowest BCUT2D eigenvalue weighted by atomic mass is 9.78. The number of rotatable bonds is 5. The van der Waals surface area contributed by atoms with Crippen LogP contribution in [-0.4, -0.2) is 41.7 Å². The molecule has 21 heavy (non-hydrogen) atoms. The Hall–Kier alpha value is -2.90. The number of nitriles is 1. The second-order valence-corrected chi connectivity index (χ2v) is 3.81. The average Bonchev–Trinajstić information content (AvgIpc) is 2.46. The minimum atomic E-state index is -1.78. The predicted molar refractivity (Wildman–Crippen MR) is 78.7 cm³/mol. The summed E-state index contributed by atoms with van der Waals surface area (Å²) in [5.74, 6) is -0.662. The molecule has 0 unspecified atom stereocenters. The van der Waals surface area contributed by atoms with Gasteiger partial charge in [-0.25, -0.2) is 0 Å². The zero-order valence-corrected chi connectivity index (χ0v) is 11.1. The Morgan fingerprint density at radius 1 is 1.48 bits per heavy atom. The van der Waals surface area contributed by atoms with Crippen molar-refractivity contribution in [2.75, 3.05) is 12.5 Å². The van der Waals surface area contributed by atoms with Gasteiger partial charge in [-0.05, 0) is 12.1 Å². The summed E-state index contributed by atoms with van der Waals surface area (Å²) in [6.45, 7) is 0. The highest BCUT2D eigenvalue weighted by atomic mass is 16.5. The van der Waals surface area contributed by atoms with Crippen LogP contribution in [0.25, 0.3) is 0 Å². The van der Waals surface area contributed by atoms with E-state index in [0.29, 0.717) is 5.56 Å². The summed E-state index contributed by atoms with van der Waals surface area (Å²) in [5.41, 5.74) is 7.78. The van der Waals surface area contributed by atoms with Crippen LogP contribution in [-0.2, 0) is 4.74 Å². The second-order valence-electron chi connectivity index (χ2n) is 3.81. The van der Waals surface area contributed by atoms with E-state index >= 15 is 0 Å². The predicted octanol–water partition coefficient (Wildman–Crippen LogP) is -1.43. The van der Waals surface area contributed by atoms with E-state index in [2.05, 4.69) is 10.5 Å². The molecule has 0 atom stereocenters. The number of methoxy groups -OCH3 is 1. The molecule has 0 heterocycles. The first-order valence-electron chi connectivity index (χ1n) is 5.61. The maximum Gasteiger partial charge on any atom is 0.490 e. The van der Waals surface area contributed by atoms with Gasteiger partial charge in [-0.15, -0.1) is 0 Å². The summed E-state index contributed by atoms with van der Waals surface area (Å²) >= 11 is 0. The molecule has 0 radical (unpaired) electrons. The molecule has 0 bridgehead atoms. The molecule has 7 N–H and O–H groups in total. The van der Waals surface area contributed by atoms with Gasteiger partial charge in [-0.2, -0.15) is 10.4 Å². The molecule has 0 aromatic heterocycles. The van der Waals surface area contributed by atoms with Crippen LogP contribution < -0.4 is 16.6 Å². The van der Waals surface area contributed by atoms with Gasteiger partial charge in [0.05, 0.1) is 12.8 Å². The normalized spacial score (nSPS) is 10.5. The number of anilines is 1. The topological polar surface area (TPSA) is 172 Å². The van der Waals surface area contributed by atoms with Gasteiger partial charge < -0.3 is 20.5 Å². The summed E-state index contributed by atoms with van der Waals surface area (Å²) in [6.07, 6.45) is 0. The fourth-order valence-electron chi connectivity index (χ4n) is 1.40. The number of hydrogen-bond donors (Lipinski definition) is 6. The summed E-state index contributed by atoms with van der Waals surface area (Å²) in [4.78, 5) is 0. The van der Waals surface area contributed by atoms with Crippen LogP contribution in [0.2, 0.25) is 0 Å². The smallest absolute Gasteiger partial charge is 0.481 e. The van der Waals surface area contributed by atoms with E-state index < -0.39 is 13.0 Å². The minimum Gasteiger partial charge on any atom is -0.481 e. The lowest BCUT2D eigenvalue weighted by Gasteiger charge is -2.11. The van der Waals surface area contributed by atoms with Gasteiger partial charge in [0.1, 0.15) is 6.07 Å². The van der Waals surface area contributed by atoms with Gasteiger partial charge in [0.15, 0.2) is 5.84 Å². The van der Waals surface area contributed by atoms with Crippen molar-refractivity contribution in [2.24, 2.45) is 10.8 Å². The molecule has 0 fully saturated rings. The number of hydrazone groups is 1. The van der Waals surface area contributed by atoms with Crippen molar-refractivity contribution in [1.82, 2.24) is 0 Å². The Bertz CT molecular complexity index is 637. The van der Waals surface area contributed by atoms with Gasteiger partial charge in [-0.3, -0.25) is 16.2 Å². The van der Waals surface area contributed by atoms with E-state index in [1.807, 2.05) is 0 Å². The van der Waals surface area contributed by atoms with Crippen molar-refractivity contribution in [3.05, 3.63) is 23.8 Å². The third kappa shape index (κ3) is 4.03. The summed E-state index contributed by atoms with van der Waals surface area (Å²) < 4.78 is 4.76. The van der Waals surface area contributed by atoms with Crippen molar-refractivity contribution in [2.45, 2.75) is 0 Å². The first-order valence-corrected chi connectivity index (χ1v) is 5.61. The third-order valence-electron chi connectivity index (χ3n) is 2.45. The molecule has 108 valence electrons. The van der Waals surface area contributed by atoms with Crippen molar-refractivity contribution < 1.29 is 14.8 Å². The van der Waals surface area contributed by atoms with Crippen LogP contribution in [0.4, 0.5) is 5.69 Å². The molecule has 0 amide bonds. The summed E-state index contributed by atoms with van der Waals surface area (Å²) in [6, 6.07) is 5.83. The number of benzene rings is 1. The number of hydrogen-bond acceptors (Lipinski definition) is 8. The molecule has 1 rings (SSSR count). The lowest BCUT2D eigenvalue weighted by molar-refractivity contribution is 0.401. The van der Waals surface area contributed by atoms with E-state index in [1.54, 1.807) is 6.07 Å². The first kappa shape index (κ1) is 16.2. The molecule has 1 aromatic rings. The molecule has 9 nitrogen and oxygen atoms in total. The van der Waals surface area contributed by atoms with Gasteiger partial charge in [0.25, 0.3) is 0 Å². The summed E-state index contributed by atoms with van der Waals surface area (Å²) in [5, 5.41) is 45.6. The van der Waals surface area contributed by atoms with Crippen LogP contribution in [0.5, 0.6) is 0 Å². The number of amidine groups is 1. The number of nitrogens with zero attached hydrogens (tertiary/aromatic N) is 2. The molecule has 0 spiro atoms. The van der Waals surface area contributed by atoms with Gasteiger partial charge >= 0.3 is 7.12 Å². The minimum absolute atomic E-state index is 0.0762. The zero-order chi connectivity index (χ0) is 16.0. The fourth-order valence-corrected chi connectivity index (χ4v) is 1.40. The molecular weight excluding hydrogens is 275 g/mol. The highest BCUT2D eigenvalue weighted by Gasteiger charge is 2.17. The second kappa shape index (κ2) is 7.04. The van der Waals surface area contributed by atoms with Crippen molar-refractivity contribution in [1.29, 1.82) is 16.1 Å². The molecular formula is C11H13BN6O3. The van der Waals surface area contributed by atoms with Crippen LogP contribution in [0.15, 0.2) is 23.3 Å². The van der Waals surface area contributed by atoms with Gasteiger partial charge in [-0.1, -0.05) is 6.07 Å². The lowest BCUT2D eigenvalue weighted by Crippen LogP contribution is -2.32. The Morgan fingerprint density at radius 3 is 2.62 bits per heavy atom. The molecule has 0 aliphatic carbocycles. The Kier molecular flexibility index (Phi) is 5.42. The van der Waals surface area contributed by atoms with Crippen molar-refractivity contribution in [3.8, 4) is 6.07 Å². The van der Waals surface area contributed by atoms with Crippen LogP contribution in [0, 0.1) is 22.1 Å². The Balaban J connectivity index is 3.22. The van der Waals surface area contributed by atoms with E-state index in [-0.39, 0.29) is 22.8 Å². The van der Waals surface area contributed by atoms with Crippen LogP contribution >= 0.6 is 0 Å².